The lowest BCUT2D eigenvalue weighted by molar-refractivity contribution is 0.799. The van der Waals surface area contributed by atoms with Gasteiger partial charge in [-0.3, -0.25) is 0 Å². The fraction of sp³-hybridized carbons (Fsp3) is 0.400. The van der Waals surface area contributed by atoms with Gasteiger partial charge >= 0.3 is 0 Å². The topological polar surface area (TPSA) is 24.4 Å². The number of nitrogens with zero attached hydrogens (tertiary/aromatic N) is 1. The molecule has 0 aromatic rings. The van der Waals surface area contributed by atoms with Crippen molar-refractivity contribution in [3.8, 4) is 0 Å². The molecule has 0 fully saturated rings. The Labute approximate surface area is 62.2 Å². The predicted molar refractivity (Wildman–Crippen MR) is 43.2 cm³/mol. The van der Waals surface area contributed by atoms with Crippen LogP contribution >= 0.6 is 22.6 Å². The summed E-state index contributed by atoms with van der Waals surface area (Å²) in [5.74, 6) is 0. The molecule has 8 heavy (non-hydrogen) atoms. The summed E-state index contributed by atoms with van der Waals surface area (Å²) in [6, 6.07) is 0.452. The summed E-state index contributed by atoms with van der Waals surface area (Å²) in [6.45, 7) is 2.10. The Balaban J connectivity index is 2.66. The van der Waals surface area contributed by atoms with Crippen molar-refractivity contribution in [2.45, 2.75) is 13.0 Å². The van der Waals surface area contributed by atoms with Crippen LogP contribution in [0.3, 0.4) is 0 Å². The van der Waals surface area contributed by atoms with Gasteiger partial charge in [0.15, 0.2) is 0 Å². The van der Waals surface area contributed by atoms with Crippen LogP contribution in [0.4, 0.5) is 0 Å². The van der Waals surface area contributed by atoms with E-state index in [1.54, 1.807) is 6.34 Å². The summed E-state index contributed by atoms with van der Waals surface area (Å²) in [6.07, 6.45) is 3.58. The molecule has 0 spiro atoms. The lowest BCUT2D eigenvalue weighted by Crippen LogP contribution is -2.26. The normalized spacial score (nSPS) is 26.8. The van der Waals surface area contributed by atoms with Gasteiger partial charge in [-0.15, -0.1) is 0 Å². The van der Waals surface area contributed by atoms with Crippen molar-refractivity contribution in [2.75, 3.05) is 0 Å². The quantitative estimate of drug-likeness (QED) is 0.613. The van der Waals surface area contributed by atoms with Crippen molar-refractivity contribution < 1.29 is 0 Å². The molecule has 0 aliphatic carbocycles. The molecule has 1 aliphatic heterocycles. The van der Waals surface area contributed by atoms with Crippen LogP contribution in [0.5, 0.6) is 0 Å². The van der Waals surface area contributed by atoms with Gasteiger partial charge < -0.3 is 5.32 Å². The molecule has 1 aliphatic rings. The maximum atomic E-state index is 3.90. The van der Waals surface area contributed by atoms with Crippen LogP contribution in [0.25, 0.3) is 0 Å². The minimum absolute atomic E-state index is 0.452. The molecule has 44 valence electrons. The molecule has 0 saturated carbocycles. The third-order valence-electron chi connectivity index (χ3n) is 1.01. The van der Waals surface area contributed by atoms with E-state index in [9.17, 15) is 0 Å². The maximum Gasteiger partial charge on any atom is 0.0884 e. The largest absolute Gasteiger partial charge is 0.369 e. The van der Waals surface area contributed by atoms with E-state index in [1.165, 1.54) is 3.58 Å². The Morgan fingerprint density at radius 3 is 3.00 bits per heavy atom. The van der Waals surface area contributed by atoms with Crippen molar-refractivity contribution in [3.63, 3.8) is 0 Å². The predicted octanol–water partition coefficient (Wildman–Crippen LogP) is 1.28. The minimum atomic E-state index is 0.452. The Kier molecular flexibility index (Phi) is 1.88. The summed E-state index contributed by atoms with van der Waals surface area (Å²) >= 11 is 2.27. The molecule has 1 unspecified atom stereocenters. The highest BCUT2D eigenvalue weighted by Gasteiger charge is 2.03. The summed E-state index contributed by atoms with van der Waals surface area (Å²) in [5, 5.41) is 3.06. The number of rotatable bonds is 0. The standard InChI is InChI=1S/C5H7IN2/c1-4-5(6)2-7-3-8-4/h2-4H,1H3,(H,7,8). The molecule has 0 amide bonds. The van der Waals surface area contributed by atoms with Gasteiger partial charge in [0.1, 0.15) is 0 Å². The van der Waals surface area contributed by atoms with Crippen LogP contribution in [0.15, 0.2) is 14.8 Å². The molecule has 1 atom stereocenters. The second-order valence-corrected chi connectivity index (χ2v) is 2.93. The molecule has 1 heterocycles. The van der Waals surface area contributed by atoms with E-state index in [0.29, 0.717) is 6.04 Å². The second-order valence-electron chi connectivity index (χ2n) is 1.68. The van der Waals surface area contributed by atoms with Gasteiger partial charge in [-0.2, -0.15) is 0 Å². The molecule has 0 saturated heterocycles. The van der Waals surface area contributed by atoms with E-state index in [0.717, 1.165) is 0 Å². The van der Waals surface area contributed by atoms with Gasteiger partial charge in [0.05, 0.1) is 12.4 Å². The van der Waals surface area contributed by atoms with Crippen LogP contribution < -0.4 is 5.32 Å². The molecule has 0 aromatic heterocycles. The molecule has 0 aromatic carbocycles. The van der Waals surface area contributed by atoms with Gasteiger partial charge in [-0.05, 0) is 29.5 Å². The number of aliphatic imine (C=N–C) groups is 1. The first-order chi connectivity index (χ1) is 3.80. The number of hydrogen-bond acceptors (Lipinski definition) is 2. The van der Waals surface area contributed by atoms with Crippen LogP contribution in [-0.2, 0) is 0 Å². The first kappa shape index (κ1) is 6.07. The Hall–Kier alpha value is -0.0600. The van der Waals surface area contributed by atoms with Crippen molar-refractivity contribution in [3.05, 3.63) is 9.78 Å². The highest BCUT2D eigenvalue weighted by Crippen LogP contribution is 2.12. The number of halogens is 1. The third kappa shape index (κ3) is 1.21. The zero-order valence-corrected chi connectivity index (χ0v) is 6.71. The second kappa shape index (κ2) is 2.48. The van der Waals surface area contributed by atoms with Crippen LogP contribution in [0, 0.1) is 0 Å². The average Bonchev–Trinajstić information content (AvgIpc) is 1.77. The average molecular weight is 222 g/mol. The lowest BCUT2D eigenvalue weighted by Gasteiger charge is -2.12. The van der Waals surface area contributed by atoms with E-state index >= 15 is 0 Å². The van der Waals surface area contributed by atoms with Gasteiger partial charge in [0.25, 0.3) is 0 Å². The molecule has 3 heteroatoms. The summed E-state index contributed by atoms with van der Waals surface area (Å²) in [4.78, 5) is 3.90. The zero-order valence-electron chi connectivity index (χ0n) is 4.56. The van der Waals surface area contributed by atoms with Gasteiger partial charge in [-0.1, -0.05) is 0 Å². The first-order valence-electron chi connectivity index (χ1n) is 2.44. The highest BCUT2D eigenvalue weighted by molar-refractivity contribution is 14.1. The molecule has 2 nitrogen and oxygen atoms in total. The van der Waals surface area contributed by atoms with E-state index in [-0.39, 0.29) is 0 Å². The highest BCUT2D eigenvalue weighted by atomic mass is 127. The lowest BCUT2D eigenvalue weighted by atomic mass is 10.3. The van der Waals surface area contributed by atoms with Crippen LogP contribution in [-0.4, -0.2) is 12.4 Å². The fourth-order valence-electron chi connectivity index (χ4n) is 0.455. The molecule has 0 bridgehead atoms. The Morgan fingerprint density at radius 1 is 1.88 bits per heavy atom. The first-order valence-corrected chi connectivity index (χ1v) is 3.52. The van der Waals surface area contributed by atoms with Gasteiger partial charge in [0.2, 0.25) is 0 Å². The zero-order chi connectivity index (χ0) is 5.98. The van der Waals surface area contributed by atoms with Crippen molar-refractivity contribution in [1.29, 1.82) is 0 Å². The fourth-order valence-corrected chi connectivity index (χ4v) is 0.795. The van der Waals surface area contributed by atoms with Gasteiger partial charge in [0, 0.05) is 9.78 Å². The van der Waals surface area contributed by atoms with E-state index in [1.807, 2.05) is 6.20 Å². The third-order valence-corrected chi connectivity index (χ3v) is 2.22. The van der Waals surface area contributed by atoms with Crippen LogP contribution in [0.2, 0.25) is 0 Å². The Morgan fingerprint density at radius 2 is 2.62 bits per heavy atom. The molecule has 1 rings (SSSR count). The summed E-state index contributed by atoms with van der Waals surface area (Å²) < 4.78 is 1.25. The monoisotopic (exact) mass is 222 g/mol. The number of hydrogen-bond donors (Lipinski definition) is 1. The molecular weight excluding hydrogens is 215 g/mol. The number of nitrogens with one attached hydrogen (secondary N) is 1. The van der Waals surface area contributed by atoms with E-state index in [2.05, 4.69) is 39.8 Å². The molecule has 1 N–H and O–H groups in total. The van der Waals surface area contributed by atoms with Crippen LogP contribution in [0.1, 0.15) is 6.92 Å². The van der Waals surface area contributed by atoms with Crippen molar-refractivity contribution in [2.24, 2.45) is 4.99 Å². The minimum Gasteiger partial charge on any atom is -0.369 e. The van der Waals surface area contributed by atoms with E-state index < -0.39 is 0 Å². The van der Waals surface area contributed by atoms with Crippen molar-refractivity contribution in [1.82, 2.24) is 5.32 Å². The van der Waals surface area contributed by atoms with E-state index in [4.69, 9.17) is 0 Å². The molecular formula is C5H7IN2. The maximum absolute atomic E-state index is 3.90. The molecule has 0 radical (unpaired) electrons. The SMILES string of the molecule is CC1NC=NC=C1I. The van der Waals surface area contributed by atoms with Gasteiger partial charge in [-0.25, -0.2) is 4.99 Å². The van der Waals surface area contributed by atoms with Crippen molar-refractivity contribution >= 4 is 28.9 Å². The smallest absolute Gasteiger partial charge is 0.0884 e. The summed E-state index contributed by atoms with van der Waals surface area (Å²) in [7, 11) is 0. The Bertz CT molecular complexity index is 139. The summed E-state index contributed by atoms with van der Waals surface area (Å²) in [5.41, 5.74) is 0.